The van der Waals surface area contributed by atoms with E-state index in [-0.39, 0.29) is 23.5 Å². The topological polar surface area (TPSA) is 53.0 Å². The Labute approximate surface area is 154 Å². The first kappa shape index (κ1) is 18.8. The number of rotatable bonds is 7. The summed E-state index contributed by atoms with van der Waals surface area (Å²) in [5, 5.41) is 14.5. The summed E-state index contributed by atoms with van der Waals surface area (Å²) in [6, 6.07) is 2.09. The Morgan fingerprint density at radius 1 is 1.44 bits per heavy atom. The van der Waals surface area contributed by atoms with E-state index >= 15 is 0 Å². The lowest BCUT2D eigenvalue weighted by molar-refractivity contribution is -0.212. The third-order valence-corrected chi connectivity index (χ3v) is 6.59. The molecule has 3 rings (SSSR count). The number of carbonyl (C=O) groups excluding carboxylic acids is 1. The van der Waals surface area contributed by atoms with E-state index in [1.807, 2.05) is 19.0 Å². The molecule has 5 nitrogen and oxygen atoms in total. The summed E-state index contributed by atoms with van der Waals surface area (Å²) < 4.78 is 6.04. The van der Waals surface area contributed by atoms with Crippen LogP contribution in [0.2, 0.25) is 0 Å². The van der Waals surface area contributed by atoms with Crippen molar-refractivity contribution in [2.24, 2.45) is 5.41 Å². The first-order valence-electron chi connectivity index (χ1n) is 9.24. The van der Waals surface area contributed by atoms with Crippen molar-refractivity contribution in [2.45, 2.75) is 44.3 Å². The minimum atomic E-state index is -0.278. The maximum Gasteiger partial charge on any atom is 0.222 e. The highest BCUT2D eigenvalue weighted by Gasteiger charge is 2.56. The summed E-state index contributed by atoms with van der Waals surface area (Å²) >= 11 is 1.68. The van der Waals surface area contributed by atoms with Gasteiger partial charge in [0.25, 0.3) is 0 Å². The van der Waals surface area contributed by atoms with Crippen molar-refractivity contribution in [1.29, 1.82) is 0 Å². The lowest BCUT2D eigenvalue weighted by atomic mass is 9.58. The molecule has 1 aromatic heterocycles. The fraction of sp³-hybridized carbons (Fsp3) is 0.737. The highest BCUT2D eigenvalue weighted by molar-refractivity contribution is 7.07. The van der Waals surface area contributed by atoms with Crippen molar-refractivity contribution in [2.75, 3.05) is 40.3 Å². The van der Waals surface area contributed by atoms with E-state index in [2.05, 4.69) is 21.7 Å². The SMILES string of the molecule is CN(C)CCO[C@@H]1C[C@H](O)C12CCN(C(=O)CCc1ccsc1)CC2. The Morgan fingerprint density at radius 3 is 2.80 bits per heavy atom. The van der Waals surface area contributed by atoms with Crippen molar-refractivity contribution in [3.05, 3.63) is 22.4 Å². The molecule has 1 aliphatic carbocycles. The van der Waals surface area contributed by atoms with Gasteiger partial charge in [-0.3, -0.25) is 4.79 Å². The van der Waals surface area contributed by atoms with Crippen LogP contribution < -0.4 is 0 Å². The molecule has 2 heterocycles. The molecule has 0 bridgehead atoms. The van der Waals surface area contributed by atoms with Crippen LogP contribution in [0.25, 0.3) is 0 Å². The van der Waals surface area contributed by atoms with Crippen molar-refractivity contribution < 1.29 is 14.6 Å². The minimum Gasteiger partial charge on any atom is -0.392 e. The van der Waals surface area contributed by atoms with Gasteiger partial charge in [-0.1, -0.05) is 0 Å². The molecule has 2 atom stereocenters. The summed E-state index contributed by atoms with van der Waals surface area (Å²) in [4.78, 5) is 16.5. The molecular formula is C19H30N2O3S. The Bertz CT molecular complexity index is 553. The number of amides is 1. The van der Waals surface area contributed by atoms with Gasteiger partial charge in [-0.2, -0.15) is 11.3 Å². The zero-order valence-corrected chi connectivity index (χ0v) is 16.1. The number of hydrogen-bond acceptors (Lipinski definition) is 5. The molecule has 1 amide bonds. The zero-order valence-electron chi connectivity index (χ0n) is 15.3. The minimum absolute atomic E-state index is 0.129. The van der Waals surface area contributed by atoms with E-state index in [0.29, 0.717) is 13.0 Å². The van der Waals surface area contributed by atoms with Gasteiger partial charge in [-0.25, -0.2) is 0 Å². The molecule has 2 aliphatic rings. The summed E-state index contributed by atoms with van der Waals surface area (Å²) in [5.41, 5.74) is 1.12. The Morgan fingerprint density at radius 2 is 2.20 bits per heavy atom. The van der Waals surface area contributed by atoms with Crippen LogP contribution in [0.4, 0.5) is 0 Å². The molecule has 1 saturated heterocycles. The average molecular weight is 367 g/mol. The van der Waals surface area contributed by atoms with Gasteiger partial charge in [0.2, 0.25) is 5.91 Å². The summed E-state index contributed by atoms with van der Waals surface area (Å²) in [7, 11) is 4.07. The van der Waals surface area contributed by atoms with Gasteiger partial charge < -0.3 is 19.6 Å². The van der Waals surface area contributed by atoms with Gasteiger partial charge in [0, 0.05) is 37.9 Å². The van der Waals surface area contributed by atoms with Crippen LogP contribution in [0.15, 0.2) is 16.8 Å². The van der Waals surface area contributed by atoms with E-state index in [0.717, 1.165) is 45.3 Å². The van der Waals surface area contributed by atoms with E-state index in [1.54, 1.807) is 11.3 Å². The largest absolute Gasteiger partial charge is 0.392 e. The number of ether oxygens (including phenoxy) is 1. The van der Waals surface area contributed by atoms with Crippen LogP contribution in [0.1, 0.15) is 31.2 Å². The second-order valence-electron chi connectivity index (χ2n) is 7.66. The number of likely N-dealkylation sites (tertiary alicyclic amines) is 1. The monoisotopic (exact) mass is 366 g/mol. The van der Waals surface area contributed by atoms with Gasteiger partial charge in [0.1, 0.15) is 0 Å². The summed E-state index contributed by atoms with van der Waals surface area (Å²) in [6.07, 6.45) is 3.71. The van der Waals surface area contributed by atoms with Crippen LogP contribution in [-0.2, 0) is 16.0 Å². The fourth-order valence-corrected chi connectivity index (χ4v) is 4.71. The number of thiophene rings is 1. The van der Waals surface area contributed by atoms with Crippen LogP contribution >= 0.6 is 11.3 Å². The van der Waals surface area contributed by atoms with Gasteiger partial charge in [-0.05, 0) is 55.7 Å². The lowest BCUT2D eigenvalue weighted by Crippen LogP contribution is -2.63. The quantitative estimate of drug-likeness (QED) is 0.802. The van der Waals surface area contributed by atoms with Crippen molar-refractivity contribution in [3.63, 3.8) is 0 Å². The number of hydrogen-bond donors (Lipinski definition) is 1. The highest BCUT2D eigenvalue weighted by Crippen LogP contribution is 2.51. The first-order chi connectivity index (χ1) is 12.0. The smallest absolute Gasteiger partial charge is 0.222 e. The molecule has 25 heavy (non-hydrogen) atoms. The zero-order chi connectivity index (χ0) is 17.9. The van der Waals surface area contributed by atoms with E-state index < -0.39 is 0 Å². The normalized spacial score (nSPS) is 25.4. The van der Waals surface area contributed by atoms with Gasteiger partial charge >= 0.3 is 0 Å². The maximum atomic E-state index is 12.5. The molecule has 1 spiro atoms. The molecule has 0 radical (unpaired) electrons. The number of aryl methyl sites for hydroxylation is 1. The third-order valence-electron chi connectivity index (χ3n) is 5.85. The summed E-state index contributed by atoms with van der Waals surface area (Å²) in [6.45, 7) is 3.09. The number of aliphatic hydroxyl groups is 1. The molecular weight excluding hydrogens is 336 g/mol. The maximum absolute atomic E-state index is 12.5. The molecule has 1 saturated carbocycles. The van der Waals surface area contributed by atoms with Gasteiger partial charge in [0.05, 0.1) is 18.8 Å². The lowest BCUT2D eigenvalue weighted by Gasteiger charge is -2.56. The molecule has 6 heteroatoms. The van der Waals surface area contributed by atoms with Crippen molar-refractivity contribution >= 4 is 17.2 Å². The molecule has 0 aromatic carbocycles. The van der Waals surface area contributed by atoms with E-state index in [9.17, 15) is 9.90 Å². The van der Waals surface area contributed by atoms with Crippen LogP contribution in [0, 0.1) is 5.41 Å². The van der Waals surface area contributed by atoms with E-state index in [1.165, 1.54) is 5.56 Å². The first-order valence-corrected chi connectivity index (χ1v) is 10.2. The second-order valence-corrected chi connectivity index (χ2v) is 8.44. The molecule has 2 fully saturated rings. The van der Waals surface area contributed by atoms with E-state index in [4.69, 9.17) is 4.74 Å². The predicted molar refractivity (Wildman–Crippen MR) is 99.8 cm³/mol. The number of nitrogens with zero attached hydrogens (tertiary/aromatic N) is 2. The Hall–Kier alpha value is -0.950. The molecule has 1 N–H and O–H groups in total. The molecule has 140 valence electrons. The van der Waals surface area contributed by atoms with Gasteiger partial charge in [0.15, 0.2) is 0 Å². The number of likely N-dealkylation sites (N-methyl/N-ethyl adjacent to an activating group) is 1. The highest BCUT2D eigenvalue weighted by atomic mass is 32.1. The predicted octanol–water partition coefficient (Wildman–Crippen LogP) is 2.00. The Kier molecular flexibility index (Phi) is 6.15. The van der Waals surface area contributed by atoms with Crippen LogP contribution in [0.5, 0.6) is 0 Å². The standard InChI is InChI=1S/C19H30N2O3S/c1-20(2)10-11-24-17-13-16(22)19(17)6-8-21(9-7-19)18(23)4-3-15-5-12-25-14-15/h5,12,14,16-17,22H,3-4,6-11,13H2,1-2H3/t16-,17+/m0/s1. The Balaban J connectivity index is 1.45. The summed E-state index contributed by atoms with van der Waals surface area (Å²) in [5.74, 6) is 0.236. The van der Waals surface area contributed by atoms with Crippen LogP contribution in [0.3, 0.4) is 0 Å². The molecule has 0 unspecified atom stereocenters. The van der Waals surface area contributed by atoms with Crippen LogP contribution in [-0.4, -0.2) is 73.4 Å². The van der Waals surface area contributed by atoms with Crippen molar-refractivity contribution in [3.8, 4) is 0 Å². The third kappa shape index (κ3) is 4.25. The molecule has 1 aromatic rings. The van der Waals surface area contributed by atoms with Crippen molar-refractivity contribution in [1.82, 2.24) is 9.80 Å². The fourth-order valence-electron chi connectivity index (χ4n) is 4.01. The number of carbonyl (C=O) groups is 1. The average Bonchev–Trinajstić information content (AvgIpc) is 3.12. The number of aliphatic hydroxyl groups excluding tert-OH is 1. The second kappa shape index (κ2) is 8.16. The van der Waals surface area contributed by atoms with Gasteiger partial charge in [-0.15, -0.1) is 0 Å². The number of piperidine rings is 1. The molecule has 1 aliphatic heterocycles.